The fourth-order valence-corrected chi connectivity index (χ4v) is 5.94. The van der Waals surface area contributed by atoms with Crippen LogP contribution in [0.2, 0.25) is 0 Å². The minimum absolute atomic E-state index is 0.0840. The van der Waals surface area contributed by atoms with E-state index in [1.54, 1.807) is 0 Å². The van der Waals surface area contributed by atoms with Crippen molar-refractivity contribution < 1.29 is 4.74 Å². The van der Waals surface area contributed by atoms with E-state index in [9.17, 15) is 5.26 Å². The molecule has 34 heavy (non-hydrogen) atoms. The Labute approximate surface area is 198 Å². The highest BCUT2D eigenvalue weighted by Crippen LogP contribution is 2.42. The van der Waals surface area contributed by atoms with E-state index in [0.29, 0.717) is 12.1 Å². The number of rotatable bonds is 3. The van der Waals surface area contributed by atoms with Gasteiger partial charge < -0.3 is 20.3 Å². The van der Waals surface area contributed by atoms with Gasteiger partial charge in [-0.15, -0.1) is 0 Å². The molecule has 176 valence electrons. The summed E-state index contributed by atoms with van der Waals surface area (Å²) >= 11 is 0. The molecule has 9 heteroatoms. The standard InChI is InChI=1S/C25H30N8O/c1-16-22(27)25(15-34-16)8-12-32(13-9-25)20-14-28-21-23(29-20)30-31-24(21)33-11-3-5-18-17(7-10-26)4-2-6-19(18)33/h2,4,6,14,16,22H,3,5,7-9,11-13,15,27H2,1H3,(H,29,30,31)/t16-,22+/m0/s1. The number of H-pyrrole nitrogens is 1. The molecule has 0 aliphatic carbocycles. The number of hydrogen-bond acceptors (Lipinski definition) is 8. The number of hydrogen-bond donors (Lipinski definition) is 2. The first-order valence-corrected chi connectivity index (χ1v) is 12.2. The number of fused-ring (bicyclic) bond motifs is 2. The number of nitrogens with two attached hydrogens (primary N) is 1. The zero-order valence-corrected chi connectivity index (χ0v) is 19.5. The molecular weight excluding hydrogens is 428 g/mol. The molecule has 3 N–H and O–H groups in total. The van der Waals surface area contributed by atoms with E-state index in [1.165, 1.54) is 5.56 Å². The van der Waals surface area contributed by atoms with Gasteiger partial charge >= 0.3 is 0 Å². The number of ether oxygens (including phenoxy) is 1. The molecule has 0 unspecified atom stereocenters. The molecule has 0 amide bonds. The average molecular weight is 459 g/mol. The van der Waals surface area contributed by atoms with Crippen molar-refractivity contribution in [1.82, 2.24) is 20.2 Å². The molecule has 3 aliphatic heterocycles. The highest BCUT2D eigenvalue weighted by molar-refractivity contribution is 5.88. The summed E-state index contributed by atoms with van der Waals surface area (Å²) in [4.78, 5) is 14.2. The maximum absolute atomic E-state index is 9.21. The van der Waals surface area contributed by atoms with Crippen LogP contribution in [0.1, 0.15) is 37.3 Å². The average Bonchev–Trinajstić information content (AvgIpc) is 3.41. The smallest absolute Gasteiger partial charge is 0.183 e. The van der Waals surface area contributed by atoms with Gasteiger partial charge in [0.2, 0.25) is 0 Å². The van der Waals surface area contributed by atoms with E-state index in [1.807, 2.05) is 18.3 Å². The fourth-order valence-electron chi connectivity index (χ4n) is 5.94. The summed E-state index contributed by atoms with van der Waals surface area (Å²) in [6, 6.07) is 8.57. The molecule has 6 rings (SSSR count). The molecule has 2 fully saturated rings. The maximum atomic E-state index is 9.21. The zero-order valence-electron chi connectivity index (χ0n) is 19.5. The van der Waals surface area contributed by atoms with Gasteiger partial charge in [0.15, 0.2) is 17.0 Å². The molecule has 0 radical (unpaired) electrons. The third-order valence-electron chi connectivity index (χ3n) is 8.04. The third kappa shape index (κ3) is 3.32. The molecule has 0 saturated carbocycles. The molecule has 2 atom stereocenters. The van der Waals surface area contributed by atoms with Crippen molar-refractivity contribution in [1.29, 1.82) is 5.26 Å². The topological polar surface area (TPSA) is 120 Å². The summed E-state index contributed by atoms with van der Waals surface area (Å²) in [5.41, 5.74) is 11.5. The highest BCUT2D eigenvalue weighted by Gasteiger charge is 2.47. The fraction of sp³-hybridized carbons (Fsp3) is 0.520. The Morgan fingerprint density at radius 1 is 1.29 bits per heavy atom. The molecule has 1 spiro atoms. The van der Waals surface area contributed by atoms with Crippen LogP contribution < -0.4 is 15.5 Å². The summed E-state index contributed by atoms with van der Waals surface area (Å²) in [5.74, 6) is 1.67. The Morgan fingerprint density at radius 3 is 2.91 bits per heavy atom. The van der Waals surface area contributed by atoms with Crippen LogP contribution >= 0.6 is 0 Å². The molecular formula is C25H30N8O. The van der Waals surface area contributed by atoms with Crippen LogP contribution in [0.3, 0.4) is 0 Å². The lowest BCUT2D eigenvalue weighted by atomic mass is 9.73. The summed E-state index contributed by atoms with van der Waals surface area (Å²) in [7, 11) is 0. The van der Waals surface area contributed by atoms with Crippen molar-refractivity contribution in [2.24, 2.45) is 11.1 Å². The van der Waals surface area contributed by atoms with Crippen LogP contribution in [-0.2, 0) is 17.6 Å². The zero-order chi connectivity index (χ0) is 23.3. The normalized spacial score (nSPS) is 23.9. The highest BCUT2D eigenvalue weighted by atomic mass is 16.5. The van der Waals surface area contributed by atoms with E-state index in [0.717, 1.165) is 80.3 Å². The Balaban J connectivity index is 1.26. The lowest BCUT2D eigenvalue weighted by Gasteiger charge is -2.41. The van der Waals surface area contributed by atoms with Crippen molar-refractivity contribution in [2.75, 3.05) is 36.0 Å². The maximum Gasteiger partial charge on any atom is 0.183 e. The summed E-state index contributed by atoms with van der Waals surface area (Å²) in [6.45, 7) is 5.48. The number of piperidine rings is 1. The van der Waals surface area contributed by atoms with Crippen LogP contribution in [0.5, 0.6) is 0 Å². The van der Waals surface area contributed by atoms with Crippen LogP contribution in [0.4, 0.5) is 17.3 Å². The molecule has 2 aromatic heterocycles. The monoisotopic (exact) mass is 458 g/mol. The van der Waals surface area contributed by atoms with Crippen molar-refractivity contribution in [3.8, 4) is 6.07 Å². The SMILES string of the molecule is C[C@@H]1OCC2(CCN(c3cnc4c(N5CCCc6c(CC#N)cccc65)n[nH]c4n3)CC2)[C@@H]1N. The minimum atomic E-state index is 0.0840. The predicted octanol–water partition coefficient (Wildman–Crippen LogP) is 2.84. The quantitative estimate of drug-likeness (QED) is 0.615. The van der Waals surface area contributed by atoms with E-state index >= 15 is 0 Å². The molecule has 3 aromatic rings. The van der Waals surface area contributed by atoms with Gasteiger partial charge in [-0.3, -0.25) is 5.10 Å². The molecule has 2 saturated heterocycles. The van der Waals surface area contributed by atoms with Crippen molar-refractivity contribution in [3.05, 3.63) is 35.5 Å². The third-order valence-corrected chi connectivity index (χ3v) is 8.04. The molecule has 1 aromatic carbocycles. The van der Waals surface area contributed by atoms with Crippen LogP contribution in [0, 0.1) is 16.7 Å². The van der Waals surface area contributed by atoms with Crippen molar-refractivity contribution in [3.63, 3.8) is 0 Å². The Bertz CT molecular complexity index is 1260. The van der Waals surface area contributed by atoms with Crippen LogP contribution in [-0.4, -0.2) is 58.6 Å². The number of aromatic nitrogens is 4. The number of benzene rings is 1. The lowest BCUT2D eigenvalue weighted by Crippen LogP contribution is -2.50. The second kappa shape index (κ2) is 8.22. The van der Waals surface area contributed by atoms with E-state index in [2.05, 4.69) is 39.1 Å². The van der Waals surface area contributed by atoms with Gasteiger partial charge in [-0.2, -0.15) is 10.4 Å². The molecule has 3 aliphatic rings. The summed E-state index contributed by atoms with van der Waals surface area (Å²) in [5, 5.41) is 16.9. The van der Waals surface area contributed by atoms with Crippen LogP contribution in [0.25, 0.3) is 11.2 Å². The largest absolute Gasteiger partial charge is 0.376 e. The van der Waals surface area contributed by atoms with Gasteiger partial charge in [0.05, 0.1) is 31.4 Å². The number of nitriles is 1. The van der Waals surface area contributed by atoms with Crippen molar-refractivity contribution >= 4 is 28.5 Å². The first-order chi connectivity index (χ1) is 16.6. The van der Waals surface area contributed by atoms with Gasteiger partial charge in [-0.1, -0.05) is 12.1 Å². The van der Waals surface area contributed by atoms with Gasteiger partial charge in [-0.05, 0) is 49.8 Å². The number of nitrogens with zero attached hydrogens (tertiary/aromatic N) is 6. The summed E-state index contributed by atoms with van der Waals surface area (Å²) in [6.07, 6.45) is 6.41. The van der Waals surface area contributed by atoms with Crippen LogP contribution in [0.15, 0.2) is 24.4 Å². The molecule has 5 heterocycles. The van der Waals surface area contributed by atoms with Gasteiger partial charge in [0, 0.05) is 36.8 Å². The molecule has 0 bridgehead atoms. The first-order valence-electron chi connectivity index (χ1n) is 12.2. The second-order valence-electron chi connectivity index (χ2n) is 9.87. The van der Waals surface area contributed by atoms with E-state index in [4.69, 9.17) is 20.4 Å². The van der Waals surface area contributed by atoms with E-state index in [-0.39, 0.29) is 17.6 Å². The minimum Gasteiger partial charge on any atom is -0.376 e. The Hall–Kier alpha value is -3.22. The van der Waals surface area contributed by atoms with Gasteiger partial charge in [-0.25, -0.2) is 9.97 Å². The first kappa shape index (κ1) is 21.3. The van der Waals surface area contributed by atoms with E-state index < -0.39 is 0 Å². The number of anilines is 3. The van der Waals surface area contributed by atoms with Gasteiger partial charge in [0.25, 0.3) is 0 Å². The molecule has 9 nitrogen and oxygen atoms in total. The Kier molecular flexibility index (Phi) is 5.15. The lowest BCUT2D eigenvalue weighted by molar-refractivity contribution is 0.0974. The van der Waals surface area contributed by atoms with Crippen molar-refractivity contribution in [2.45, 2.75) is 51.2 Å². The second-order valence-corrected chi connectivity index (χ2v) is 9.87. The predicted molar refractivity (Wildman–Crippen MR) is 130 cm³/mol. The van der Waals surface area contributed by atoms with Gasteiger partial charge in [0.1, 0.15) is 5.82 Å². The number of nitrogens with one attached hydrogen (secondary N) is 1. The number of aromatic amines is 1. The summed E-state index contributed by atoms with van der Waals surface area (Å²) < 4.78 is 5.86. The Morgan fingerprint density at radius 2 is 2.15 bits per heavy atom.